The number of hydrogen-bond donors (Lipinski definition) is 2. The molecule has 0 saturated carbocycles. The van der Waals surface area contributed by atoms with Crippen molar-refractivity contribution in [3.8, 4) is 10.4 Å². The smallest absolute Gasteiger partial charge is 0.443 e. The van der Waals surface area contributed by atoms with Crippen LogP contribution in [0.15, 0.2) is 35.8 Å². The molecule has 0 saturated heterocycles. The van der Waals surface area contributed by atoms with Crippen LogP contribution in [0.1, 0.15) is 20.8 Å². The van der Waals surface area contributed by atoms with Gasteiger partial charge in [-0.2, -0.15) is 0 Å². The highest BCUT2D eigenvalue weighted by atomic mass is 32.1. The molecule has 24 heavy (non-hydrogen) atoms. The van der Waals surface area contributed by atoms with Crippen molar-refractivity contribution in [3.63, 3.8) is 0 Å². The van der Waals surface area contributed by atoms with Gasteiger partial charge in [0.05, 0.1) is 5.59 Å². The number of rotatable bonds is 2. The number of aromatic nitrogens is 2. The summed E-state index contributed by atoms with van der Waals surface area (Å²) in [6.45, 7) is 5.24. The van der Waals surface area contributed by atoms with E-state index in [0.717, 1.165) is 15.0 Å². The van der Waals surface area contributed by atoms with Crippen LogP contribution in [-0.4, -0.2) is 38.4 Å². The van der Waals surface area contributed by atoms with Crippen LogP contribution in [0.4, 0.5) is 4.79 Å². The largest absolute Gasteiger partial charge is 0.506 e. The molecule has 0 aliphatic carbocycles. The highest BCUT2D eigenvalue weighted by molar-refractivity contribution is 7.13. The van der Waals surface area contributed by atoms with E-state index in [1.54, 1.807) is 44.4 Å². The summed E-state index contributed by atoms with van der Waals surface area (Å²) in [5.41, 5.74) is 0.518. The zero-order valence-electron chi connectivity index (χ0n) is 13.6. The third-order valence-electron chi connectivity index (χ3n) is 3.36. The second kappa shape index (κ2) is 6.05. The molecule has 0 radical (unpaired) electrons. The Morgan fingerprint density at radius 3 is 2.67 bits per heavy atom. The van der Waals surface area contributed by atoms with E-state index >= 15 is 0 Å². The number of carbonyl (C=O) groups is 1. The molecule has 0 aliphatic rings. The van der Waals surface area contributed by atoms with Crippen LogP contribution in [0, 0.1) is 0 Å². The van der Waals surface area contributed by atoms with Gasteiger partial charge in [-0.3, -0.25) is 0 Å². The Hall–Kier alpha value is -2.16. The van der Waals surface area contributed by atoms with Gasteiger partial charge in [0.2, 0.25) is 0 Å². The molecular formula is C16H17BN2O4S. The summed E-state index contributed by atoms with van der Waals surface area (Å²) in [5.74, 6) is 0. The van der Waals surface area contributed by atoms with Crippen molar-refractivity contribution in [2.75, 3.05) is 0 Å². The second-order valence-corrected chi connectivity index (χ2v) is 7.28. The molecule has 0 fully saturated rings. The van der Waals surface area contributed by atoms with Crippen molar-refractivity contribution >= 4 is 41.2 Å². The fourth-order valence-corrected chi connectivity index (χ4v) is 3.22. The van der Waals surface area contributed by atoms with Gasteiger partial charge >= 0.3 is 13.2 Å². The lowest BCUT2D eigenvalue weighted by atomic mass is 9.86. The zero-order chi connectivity index (χ0) is 17.5. The summed E-state index contributed by atoms with van der Waals surface area (Å²) in [4.78, 5) is 17.8. The van der Waals surface area contributed by atoms with Gasteiger partial charge < -0.3 is 14.8 Å². The molecule has 0 spiro atoms. The van der Waals surface area contributed by atoms with Crippen molar-refractivity contribution in [2.45, 2.75) is 26.4 Å². The number of carbonyl (C=O) groups excluding carboxylic acids is 1. The van der Waals surface area contributed by atoms with E-state index in [2.05, 4.69) is 4.98 Å². The molecule has 0 unspecified atom stereocenters. The average Bonchev–Trinajstić information content (AvgIpc) is 3.12. The molecule has 2 N–H and O–H groups in total. The van der Waals surface area contributed by atoms with E-state index < -0.39 is 18.8 Å². The molecule has 0 aliphatic heterocycles. The maximum atomic E-state index is 12.5. The Labute approximate surface area is 143 Å². The predicted molar refractivity (Wildman–Crippen MR) is 94.5 cm³/mol. The molecule has 3 rings (SSSR count). The summed E-state index contributed by atoms with van der Waals surface area (Å²) in [5, 5.41) is 22.0. The minimum Gasteiger partial charge on any atom is -0.443 e. The first kappa shape index (κ1) is 16.7. The third-order valence-corrected chi connectivity index (χ3v) is 4.26. The van der Waals surface area contributed by atoms with Gasteiger partial charge in [0.15, 0.2) is 0 Å². The molecule has 124 valence electrons. The number of fused-ring (bicyclic) bond motifs is 1. The maximum absolute atomic E-state index is 12.5. The normalized spacial score (nSPS) is 11.7. The van der Waals surface area contributed by atoms with Gasteiger partial charge in [-0.1, -0.05) is 6.07 Å². The molecule has 0 bridgehead atoms. The number of nitrogens with zero attached hydrogens (tertiary/aromatic N) is 2. The number of pyridine rings is 1. The molecule has 0 amide bonds. The Balaban J connectivity index is 2.23. The molecule has 3 aromatic rings. The van der Waals surface area contributed by atoms with Gasteiger partial charge in [0, 0.05) is 22.0 Å². The first-order valence-electron chi connectivity index (χ1n) is 7.41. The highest BCUT2D eigenvalue weighted by Crippen LogP contribution is 2.31. The lowest BCUT2D eigenvalue weighted by molar-refractivity contribution is 0.0547. The Morgan fingerprint density at radius 1 is 1.33 bits per heavy atom. The van der Waals surface area contributed by atoms with E-state index in [1.807, 2.05) is 23.6 Å². The zero-order valence-corrected chi connectivity index (χ0v) is 14.4. The van der Waals surface area contributed by atoms with Gasteiger partial charge in [0.25, 0.3) is 0 Å². The van der Waals surface area contributed by atoms with Gasteiger partial charge in [-0.25, -0.2) is 14.3 Å². The van der Waals surface area contributed by atoms with Crippen LogP contribution in [0.3, 0.4) is 0 Å². The van der Waals surface area contributed by atoms with Crippen LogP contribution >= 0.6 is 11.3 Å². The van der Waals surface area contributed by atoms with E-state index in [-0.39, 0.29) is 5.59 Å². The maximum Gasteiger partial charge on any atom is 0.506 e. The fourth-order valence-electron chi connectivity index (χ4n) is 2.45. The Bertz CT molecular complexity index is 881. The van der Waals surface area contributed by atoms with Crippen molar-refractivity contribution in [1.82, 2.24) is 9.55 Å². The van der Waals surface area contributed by atoms with Gasteiger partial charge in [-0.05, 0) is 44.4 Å². The quantitative estimate of drug-likeness (QED) is 0.697. The molecule has 3 aromatic heterocycles. The highest BCUT2D eigenvalue weighted by Gasteiger charge is 2.28. The minimum atomic E-state index is -1.82. The van der Waals surface area contributed by atoms with Crippen LogP contribution in [-0.2, 0) is 4.74 Å². The van der Waals surface area contributed by atoms with Crippen LogP contribution < -0.4 is 5.59 Å². The van der Waals surface area contributed by atoms with Gasteiger partial charge in [0.1, 0.15) is 11.2 Å². The van der Waals surface area contributed by atoms with Crippen molar-refractivity contribution in [2.24, 2.45) is 0 Å². The van der Waals surface area contributed by atoms with Crippen LogP contribution in [0.2, 0.25) is 0 Å². The number of thiophene rings is 1. The van der Waals surface area contributed by atoms with Crippen LogP contribution in [0.5, 0.6) is 0 Å². The second-order valence-electron chi connectivity index (χ2n) is 6.33. The molecule has 0 atom stereocenters. The monoisotopic (exact) mass is 344 g/mol. The lowest BCUT2D eigenvalue weighted by Gasteiger charge is -2.20. The third kappa shape index (κ3) is 3.08. The summed E-state index contributed by atoms with van der Waals surface area (Å²) in [6, 6.07) is 7.28. The molecule has 0 aromatic carbocycles. The summed E-state index contributed by atoms with van der Waals surface area (Å²) < 4.78 is 6.49. The lowest BCUT2D eigenvalue weighted by Crippen LogP contribution is -2.41. The Kier molecular flexibility index (Phi) is 4.21. The van der Waals surface area contributed by atoms with E-state index in [9.17, 15) is 14.8 Å². The van der Waals surface area contributed by atoms with E-state index in [0.29, 0.717) is 11.0 Å². The van der Waals surface area contributed by atoms with E-state index in [4.69, 9.17) is 4.74 Å². The molecule has 3 heterocycles. The SMILES string of the molecule is CC(C)(C)OC(=O)n1c(B(O)O)cc2c(-c3cccs3)ccnc21. The van der Waals surface area contributed by atoms with Gasteiger partial charge in [-0.15, -0.1) is 11.3 Å². The molecule has 8 heteroatoms. The van der Waals surface area contributed by atoms with Crippen molar-refractivity contribution < 1.29 is 19.6 Å². The number of ether oxygens (including phenoxy) is 1. The summed E-state index contributed by atoms with van der Waals surface area (Å²) in [6.07, 6.45) is 0.891. The topological polar surface area (TPSA) is 84.6 Å². The standard InChI is InChI=1S/C16H17BN2O4S/c1-16(2,3)23-15(20)19-13(17(21)22)9-11-10(6-7-18-14(11)19)12-5-4-8-24-12/h4-9,21-22H,1-3H3. The van der Waals surface area contributed by atoms with Crippen molar-refractivity contribution in [3.05, 3.63) is 35.8 Å². The Morgan fingerprint density at radius 2 is 2.08 bits per heavy atom. The first-order valence-corrected chi connectivity index (χ1v) is 8.29. The molecular weight excluding hydrogens is 327 g/mol. The van der Waals surface area contributed by atoms with Crippen molar-refractivity contribution in [1.29, 1.82) is 0 Å². The average molecular weight is 344 g/mol. The summed E-state index contributed by atoms with van der Waals surface area (Å²) in [7, 11) is -1.82. The van der Waals surface area contributed by atoms with Crippen LogP contribution in [0.25, 0.3) is 21.5 Å². The molecule has 6 nitrogen and oxygen atoms in total. The minimum absolute atomic E-state index is 0.0238. The number of hydrogen-bond acceptors (Lipinski definition) is 6. The fraction of sp³-hybridized carbons (Fsp3) is 0.250. The first-order chi connectivity index (χ1) is 11.3. The van der Waals surface area contributed by atoms with E-state index in [1.165, 1.54) is 0 Å². The predicted octanol–water partition coefficient (Wildman–Crippen LogP) is 2.23. The summed E-state index contributed by atoms with van der Waals surface area (Å²) >= 11 is 1.55.